The largest absolute Gasteiger partial charge is 0.489 e. The number of nitrogens with zero attached hydrogens (tertiary/aromatic N) is 2. The Morgan fingerprint density at radius 2 is 1.93 bits per heavy atom. The van der Waals surface area contributed by atoms with Crippen molar-refractivity contribution in [2.45, 2.75) is 58.7 Å². The lowest BCUT2D eigenvalue weighted by Gasteiger charge is -2.34. The van der Waals surface area contributed by atoms with E-state index in [0.717, 1.165) is 62.2 Å². The van der Waals surface area contributed by atoms with Crippen molar-refractivity contribution in [2.75, 3.05) is 13.1 Å². The molecule has 1 amide bonds. The fraction of sp³-hybridized carbons (Fsp3) is 0.500. The second kappa shape index (κ2) is 11.0. The first-order valence-electron chi connectivity index (χ1n) is 10.8. The fourth-order valence-corrected chi connectivity index (χ4v) is 3.89. The Bertz CT molecular complexity index is 754. The maximum Gasteiger partial charge on any atom is 0.225 e. The monoisotopic (exact) mass is 395 g/mol. The van der Waals surface area contributed by atoms with E-state index < -0.39 is 0 Å². The van der Waals surface area contributed by atoms with Gasteiger partial charge in [0.1, 0.15) is 12.4 Å². The molecule has 0 unspecified atom stereocenters. The standard InChI is InChI=1S/C24H33N3O2/c1-3-20(4-2)24(28)27-14-11-22(12-15-27)26-17-21-9-5-6-10-23(21)29-18-19-8-7-13-25-16-19/h5-10,13,16,20,22,26H,3-4,11-12,14-15,17-18H2,1-2H3. The summed E-state index contributed by atoms with van der Waals surface area (Å²) in [4.78, 5) is 18.8. The Labute approximate surface area is 174 Å². The molecule has 1 aromatic carbocycles. The number of pyridine rings is 1. The van der Waals surface area contributed by atoms with E-state index in [1.165, 1.54) is 0 Å². The first-order chi connectivity index (χ1) is 14.2. The van der Waals surface area contributed by atoms with Gasteiger partial charge < -0.3 is 15.0 Å². The van der Waals surface area contributed by atoms with E-state index >= 15 is 0 Å². The molecule has 1 aromatic heterocycles. The number of likely N-dealkylation sites (tertiary alicyclic amines) is 1. The lowest BCUT2D eigenvalue weighted by atomic mass is 9.98. The molecular formula is C24H33N3O2. The van der Waals surface area contributed by atoms with Crippen molar-refractivity contribution in [3.05, 3.63) is 59.9 Å². The molecule has 5 nitrogen and oxygen atoms in total. The third-order valence-electron chi connectivity index (χ3n) is 5.81. The Hall–Kier alpha value is -2.40. The second-order valence-corrected chi connectivity index (χ2v) is 7.75. The molecule has 2 heterocycles. The first-order valence-corrected chi connectivity index (χ1v) is 10.8. The summed E-state index contributed by atoms with van der Waals surface area (Å²) in [5.74, 6) is 1.43. The number of amides is 1. The number of hydrogen-bond acceptors (Lipinski definition) is 4. The number of benzene rings is 1. The van der Waals surface area contributed by atoms with Crippen LogP contribution in [0.2, 0.25) is 0 Å². The fourth-order valence-electron chi connectivity index (χ4n) is 3.89. The van der Waals surface area contributed by atoms with Gasteiger partial charge in [-0.1, -0.05) is 38.1 Å². The summed E-state index contributed by atoms with van der Waals surface area (Å²) in [6.07, 6.45) is 7.48. The van der Waals surface area contributed by atoms with Crippen molar-refractivity contribution in [2.24, 2.45) is 5.92 Å². The van der Waals surface area contributed by atoms with Gasteiger partial charge in [-0.3, -0.25) is 9.78 Å². The Balaban J connectivity index is 1.48. The van der Waals surface area contributed by atoms with Gasteiger partial charge in [-0.05, 0) is 37.8 Å². The SMILES string of the molecule is CCC(CC)C(=O)N1CCC(NCc2ccccc2OCc2cccnc2)CC1. The molecule has 1 saturated heterocycles. The van der Waals surface area contributed by atoms with E-state index in [0.29, 0.717) is 18.6 Å². The van der Waals surface area contributed by atoms with E-state index in [-0.39, 0.29) is 5.92 Å². The first kappa shape index (κ1) is 21.3. The van der Waals surface area contributed by atoms with Gasteiger partial charge >= 0.3 is 0 Å². The van der Waals surface area contributed by atoms with Gasteiger partial charge in [0, 0.05) is 55.1 Å². The highest BCUT2D eigenvalue weighted by molar-refractivity contribution is 5.78. The van der Waals surface area contributed by atoms with Crippen LogP contribution in [0, 0.1) is 5.92 Å². The minimum absolute atomic E-state index is 0.184. The van der Waals surface area contributed by atoms with Crippen LogP contribution >= 0.6 is 0 Å². The third kappa shape index (κ3) is 6.04. The van der Waals surface area contributed by atoms with Gasteiger partial charge in [-0.2, -0.15) is 0 Å². The molecule has 0 radical (unpaired) electrons. The Morgan fingerprint density at radius 3 is 2.62 bits per heavy atom. The lowest BCUT2D eigenvalue weighted by molar-refractivity contribution is -0.136. The number of aromatic nitrogens is 1. The quantitative estimate of drug-likeness (QED) is 0.692. The minimum atomic E-state index is 0.184. The number of carbonyl (C=O) groups is 1. The number of ether oxygens (including phenoxy) is 1. The maximum absolute atomic E-state index is 12.6. The van der Waals surface area contributed by atoms with Gasteiger partial charge in [0.05, 0.1) is 0 Å². The summed E-state index contributed by atoms with van der Waals surface area (Å²) in [6.45, 7) is 7.20. The number of para-hydroxylation sites is 1. The van der Waals surface area contributed by atoms with Gasteiger partial charge in [0.2, 0.25) is 5.91 Å². The summed E-state index contributed by atoms with van der Waals surface area (Å²) < 4.78 is 6.03. The highest BCUT2D eigenvalue weighted by Gasteiger charge is 2.26. The van der Waals surface area contributed by atoms with Crippen LogP contribution in [-0.4, -0.2) is 34.9 Å². The number of piperidine rings is 1. The van der Waals surface area contributed by atoms with Crippen LogP contribution in [0.3, 0.4) is 0 Å². The van der Waals surface area contributed by atoms with E-state index in [1.54, 1.807) is 6.20 Å². The van der Waals surface area contributed by atoms with Gasteiger partial charge in [0.15, 0.2) is 0 Å². The van der Waals surface area contributed by atoms with E-state index in [2.05, 4.69) is 35.1 Å². The summed E-state index contributed by atoms with van der Waals surface area (Å²) in [5, 5.41) is 3.66. The van der Waals surface area contributed by atoms with Crippen molar-refractivity contribution in [1.82, 2.24) is 15.2 Å². The molecular weight excluding hydrogens is 362 g/mol. The van der Waals surface area contributed by atoms with Crippen LogP contribution in [-0.2, 0) is 17.9 Å². The van der Waals surface area contributed by atoms with Crippen LogP contribution in [0.1, 0.15) is 50.7 Å². The summed E-state index contributed by atoms with van der Waals surface area (Å²) in [5.41, 5.74) is 2.22. The minimum Gasteiger partial charge on any atom is -0.489 e. The molecule has 1 aliphatic rings. The molecule has 0 aliphatic carbocycles. The van der Waals surface area contributed by atoms with Crippen LogP contribution in [0.5, 0.6) is 5.75 Å². The van der Waals surface area contributed by atoms with Crippen molar-refractivity contribution in [3.63, 3.8) is 0 Å². The molecule has 1 fully saturated rings. The number of rotatable bonds is 9. The number of carbonyl (C=O) groups excluding carboxylic acids is 1. The summed E-state index contributed by atoms with van der Waals surface area (Å²) in [7, 11) is 0. The zero-order valence-corrected chi connectivity index (χ0v) is 17.6. The van der Waals surface area contributed by atoms with Crippen molar-refractivity contribution in [3.8, 4) is 5.75 Å². The van der Waals surface area contributed by atoms with Gasteiger partial charge in [0.25, 0.3) is 0 Å². The lowest BCUT2D eigenvalue weighted by Crippen LogP contribution is -2.46. The van der Waals surface area contributed by atoms with E-state index in [1.807, 2.05) is 36.5 Å². The predicted octanol–water partition coefficient (Wildman–Crippen LogP) is 4.18. The molecule has 0 atom stereocenters. The predicted molar refractivity (Wildman–Crippen MR) is 116 cm³/mol. The molecule has 29 heavy (non-hydrogen) atoms. The topological polar surface area (TPSA) is 54.5 Å². The second-order valence-electron chi connectivity index (χ2n) is 7.75. The average molecular weight is 396 g/mol. The van der Waals surface area contributed by atoms with Crippen LogP contribution in [0.25, 0.3) is 0 Å². The number of nitrogens with one attached hydrogen (secondary N) is 1. The average Bonchev–Trinajstić information content (AvgIpc) is 2.78. The highest BCUT2D eigenvalue weighted by Crippen LogP contribution is 2.21. The Kier molecular flexibility index (Phi) is 8.05. The molecule has 0 saturated carbocycles. The maximum atomic E-state index is 12.6. The highest BCUT2D eigenvalue weighted by atomic mass is 16.5. The van der Waals surface area contributed by atoms with Gasteiger partial charge in [-0.15, -0.1) is 0 Å². The normalized spacial score (nSPS) is 14.9. The smallest absolute Gasteiger partial charge is 0.225 e. The van der Waals surface area contributed by atoms with Crippen LogP contribution in [0.4, 0.5) is 0 Å². The third-order valence-corrected chi connectivity index (χ3v) is 5.81. The van der Waals surface area contributed by atoms with Crippen LogP contribution < -0.4 is 10.1 Å². The van der Waals surface area contributed by atoms with Crippen molar-refractivity contribution in [1.29, 1.82) is 0 Å². The zero-order chi connectivity index (χ0) is 20.5. The summed E-state index contributed by atoms with van der Waals surface area (Å²) >= 11 is 0. The van der Waals surface area contributed by atoms with Crippen molar-refractivity contribution >= 4 is 5.91 Å². The van der Waals surface area contributed by atoms with E-state index in [4.69, 9.17) is 4.74 Å². The molecule has 0 bridgehead atoms. The molecule has 5 heteroatoms. The van der Waals surface area contributed by atoms with Crippen LogP contribution in [0.15, 0.2) is 48.8 Å². The molecule has 3 rings (SSSR count). The number of hydrogen-bond donors (Lipinski definition) is 1. The molecule has 1 N–H and O–H groups in total. The van der Waals surface area contributed by atoms with E-state index in [9.17, 15) is 4.79 Å². The molecule has 1 aliphatic heterocycles. The molecule has 0 spiro atoms. The van der Waals surface area contributed by atoms with Crippen molar-refractivity contribution < 1.29 is 9.53 Å². The van der Waals surface area contributed by atoms with Gasteiger partial charge in [-0.25, -0.2) is 0 Å². The Morgan fingerprint density at radius 1 is 1.17 bits per heavy atom. The summed E-state index contributed by atoms with van der Waals surface area (Å²) in [6, 6.07) is 12.6. The zero-order valence-electron chi connectivity index (χ0n) is 17.6. The molecule has 156 valence electrons. The molecule has 2 aromatic rings.